The second-order valence-corrected chi connectivity index (χ2v) is 4.67. The van der Waals surface area contributed by atoms with E-state index in [0.29, 0.717) is 0 Å². The van der Waals surface area contributed by atoms with Crippen molar-refractivity contribution < 1.29 is 4.74 Å². The second-order valence-electron chi connectivity index (χ2n) is 4.67. The van der Waals surface area contributed by atoms with E-state index in [1.54, 1.807) is 7.11 Å². The van der Waals surface area contributed by atoms with Crippen LogP contribution in [0.3, 0.4) is 0 Å². The standard InChI is InChI=1S/C16H21N3O/c1-4-11-19-12-13(2)18-16(19)17-10-9-14-5-7-15(20-3)8-6-14/h4-8,12H,1,9-11H2,2-3H3,(H,17,18). The maximum atomic E-state index is 5.15. The highest BCUT2D eigenvalue weighted by atomic mass is 16.5. The zero-order valence-corrected chi connectivity index (χ0v) is 12.1. The van der Waals surface area contributed by atoms with Crippen LogP contribution in [0, 0.1) is 6.92 Å². The van der Waals surface area contributed by atoms with Crippen LogP contribution in [0.15, 0.2) is 43.1 Å². The molecule has 106 valence electrons. The fraction of sp³-hybridized carbons (Fsp3) is 0.312. The van der Waals surface area contributed by atoms with Gasteiger partial charge in [0, 0.05) is 19.3 Å². The number of aromatic nitrogens is 2. The molecular weight excluding hydrogens is 250 g/mol. The molecule has 4 heteroatoms. The molecule has 0 atom stereocenters. The predicted molar refractivity (Wildman–Crippen MR) is 82.3 cm³/mol. The quantitative estimate of drug-likeness (QED) is 0.787. The zero-order valence-electron chi connectivity index (χ0n) is 12.1. The van der Waals surface area contributed by atoms with Gasteiger partial charge in [0.05, 0.1) is 12.8 Å². The summed E-state index contributed by atoms with van der Waals surface area (Å²) in [5.74, 6) is 1.79. The maximum absolute atomic E-state index is 5.15. The van der Waals surface area contributed by atoms with E-state index in [1.807, 2.05) is 31.3 Å². The molecule has 1 heterocycles. The predicted octanol–water partition coefficient (Wildman–Crippen LogP) is 3.04. The summed E-state index contributed by atoms with van der Waals surface area (Å²) in [4.78, 5) is 4.47. The van der Waals surface area contributed by atoms with Gasteiger partial charge in [0.25, 0.3) is 0 Å². The molecule has 0 fully saturated rings. The fourth-order valence-electron chi connectivity index (χ4n) is 2.08. The number of nitrogens with one attached hydrogen (secondary N) is 1. The number of nitrogens with zero attached hydrogens (tertiary/aromatic N) is 2. The lowest BCUT2D eigenvalue weighted by Gasteiger charge is -2.08. The highest BCUT2D eigenvalue weighted by Gasteiger charge is 2.03. The first kappa shape index (κ1) is 14.2. The number of hydrogen-bond acceptors (Lipinski definition) is 3. The molecule has 1 aromatic carbocycles. The molecule has 0 saturated carbocycles. The maximum Gasteiger partial charge on any atom is 0.203 e. The zero-order chi connectivity index (χ0) is 14.4. The molecule has 4 nitrogen and oxygen atoms in total. The highest BCUT2D eigenvalue weighted by molar-refractivity contribution is 5.31. The third-order valence-corrected chi connectivity index (χ3v) is 3.08. The van der Waals surface area contributed by atoms with Gasteiger partial charge < -0.3 is 14.6 Å². The smallest absolute Gasteiger partial charge is 0.203 e. The monoisotopic (exact) mass is 271 g/mol. The van der Waals surface area contributed by atoms with Crippen molar-refractivity contribution in [2.75, 3.05) is 19.0 Å². The second kappa shape index (κ2) is 6.80. The van der Waals surface area contributed by atoms with Crippen LogP contribution < -0.4 is 10.1 Å². The molecule has 0 unspecified atom stereocenters. The molecule has 0 radical (unpaired) electrons. The highest BCUT2D eigenvalue weighted by Crippen LogP contribution is 2.12. The molecule has 1 N–H and O–H groups in total. The van der Waals surface area contributed by atoms with Crippen LogP contribution in [0.25, 0.3) is 0 Å². The van der Waals surface area contributed by atoms with Crippen LogP contribution in [0.2, 0.25) is 0 Å². The number of allylic oxidation sites excluding steroid dienone is 1. The summed E-state index contributed by atoms with van der Waals surface area (Å²) in [6.45, 7) is 7.37. The van der Waals surface area contributed by atoms with E-state index in [2.05, 4.69) is 33.6 Å². The van der Waals surface area contributed by atoms with Crippen molar-refractivity contribution in [2.45, 2.75) is 19.9 Å². The lowest BCUT2D eigenvalue weighted by Crippen LogP contribution is -2.10. The van der Waals surface area contributed by atoms with Crippen LogP contribution in [0.1, 0.15) is 11.3 Å². The van der Waals surface area contributed by atoms with Crippen LogP contribution in [0.5, 0.6) is 5.75 Å². The van der Waals surface area contributed by atoms with Gasteiger partial charge in [-0.2, -0.15) is 0 Å². The Labute approximate surface area is 120 Å². The topological polar surface area (TPSA) is 39.1 Å². The minimum Gasteiger partial charge on any atom is -0.497 e. The summed E-state index contributed by atoms with van der Waals surface area (Å²) in [6, 6.07) is 8.14. The Morgan fingerprint density at radius 2 is 2.10 bits per heavy atom. The summed E-state index contributed by atoms with van der Waals surface area (Å²) >= 11 is 0. The molecule has 2 aromatic rings. The number of ether oxygens (including phenoxy) is 1. The molecule has 0 aliphatic carbocycles. The van der Waals surface area contributed by atoms with Crippen LogP contribution in [0.4, 0.5) is 5.95 Å². The minimum atomic E-state index is 0.770. The van der Waals surface area contributed by atoms with Gasteiger partial charge in [-0.15, -0.1) is 6.58 Å². The number of methoxy groups -OCH3 is 1. The Morgan fingerprint density at radius 3 is 2.75 bits per heavy atom. The molecule has 0 amide bonds. The van der Waals surface area contributed by atoms with Crippen LogP contribution in [-0.2, 0) is 13.0 Å². The van der Waals surface area contributed by atoms with Crippen molar-refractivity contribution in [3.05, 3.63) is 54.4 Å². The lowest BCUT2D eigenvalue weighted by molar-refractivity contribution is 0.414. The summed E-state index contributed by atoms with van der Waals surface area (Å²) in [6.07, 6.45) is 4.84. The molecule has 0 aliphatic heterocycles. The van der Waals surface area contributed by atoms with Gasteiger partial charge in [0.15, 0.2) is 0 Å². The summed E-state index contributed by atoms with van der Waals surface area (Å²) in [7, 11) is 1.68. The van der Waals surface area contributed by atoms with Gasteiger partial charge in [0.1, 0.15) is 5.75 Å². The molecule has 20 heavy (non-hydrogen) atoms. The third-order valence-electron chi connectivity index (χ3n) is 3.08. The van der Waals surface area contributed by atoms with E-state index in [9.17, 15) is 0 Å². The Morgan fingerprint density at radius 1 is 1.35 bits per heavy atom. The van der Waals surface area contributed by atoms with E-state index in [4.69, 9.17) is 4.74 Å². The average Bonchev–Trinajstić information content (AvgIpc) is 2.80. The van der Waals surface area contributed by atoms with Crippen LogP contribution >= 0.6 is 0 Å². The molecule has 0 aliphatic rings. The van der Waals surface area contributed by atoms with Crippen molar-refractivity contribution in [3.63, 3.8) is 0 Å². The van der Waals surface area contributed by atoms with Crippen molar-refractivity contribution in [1.82, 2.24) is 9.55 Å². The van der Waals surface area contributed by atoms with E-state index in [0.717, 1.165) is 36.9 Å². The molecule has 1 aromatic heterocycles. The Hall–Kier alpha value is -2.23. The number of rotatable bonds is 7. The lowest BCUT2D eigenvalue weighted by atomic mass is 10.1. The van der Waals surface area contributed by atoms with E-state index < -0.39 is 0 Å². The normalized spacial score (nSPS) is 10.3. The largest absolute Gasteiger partial charge is 0.497 e. The van der Waals surface area contributed by atoms with Crippen molar-refractivity contribution in [2.24, 2.45) is 0 Å². The fourth-order valence-corrected chi connectivity index (χ4v) is 2.08. The molecule has 0 bridgehead atoms. The Bertz CT molecular complexity index is 558. The summed E-state index contributed by atoms with van der Waals surface area (Å²) < 4.78 is 7.22. The number of benzene rings is 1. The van der Waals surface area contributed by atoms with E-state index in [-0.39, 0.29) is 0 Å². The van der Waals surface area contributed by atoms with Gasteiger partial charge in [-0.3, -0.25) is 0 Å². The Kier molecular flexibility index (Phi) is 4.82. The third kappa shape index (κ3) is 3.63. The number of aryl methyl sites for hydroxylation is 1. The first-order valence-corrected chi connectivity index (χ1v) is 6.74. The van der Waals surface area contributed by atoms with Gasteiger partial charge in [-0.25, -0.2) is 4.98 Å². The molecule has 2 rings (SSSR count). The summed E-state index contributed by atoms with van der Waals surface area (Å²) in [5.41, 5.74) is 2.29. The van der Waals surface area contributed by atoms with E-state index in [1.165, 1.54) is 5.56 Å². The Balaban J connectivity index is 1.90. The van der Waals surface area contributed by atoms with Crippen LogP contribution in [-0.4, -0.2) is 23.2 Å². The average molecular weight is 271 g/mol. The van der Waals surface area contributed by atoms with E-state index >= 15 is 0 Å². The van der Waals surface area contributed by atoms with Crippen molar-refractivity contribution in [1.29, 1.82) is 0 Å². The first-order valence-electron chi connectivity index (χ1n) is 6.74. The number of anilines is 1. The van der Waals surface area contributed by atoms with Crippen molar-refractivity contribution in [3.8, 4) is 5.75 Å². The SMILES string of the molecule is C=CCn1cc(C)nc1NCCc1ccc(OC)cc1. The molecule has 0 saturated heterocycles. The summed E-state index contributed by atoms with van der Waals surface area (Å²) in [5, 5.41) is 3.37. The molecular formula is C16H21N3O. The number of hydrogen-bond donors (Lipinski definition) is 1. The number of imidazole rings is 1. The van der Waals surface area contributed by atoms with Crippen molar-refractivity contribution >= 4 is 5.95 Å². The first-order chi connectivity index (χ1) is 9.72. The van der Waals surface area contributed by atoms with Gasteiger partial charge in [0.2, 0.25) is 5.95 Å². The van der Waals surface area contributed by atoms with Gasteiger partial charge in [-0.05, 0) is 31.0 Å². The van der Waals surface area contributed by atoms with Gasteiger partial charge in [-0.1, -0.05) is 18.2 Å². The van der Waals surface area contributed by atoms with Gasteiger partial charge >= 0.3 is 0 Å². The molecule has 0 spiro atoms. The minimum absolute atomic E-state index is 0.770.